The van der Waals surface area contributed by atoms with Gasteiger partial charge in [0.1, 0.15) is 6.33 Å². The van der Waals surface area contributed by atoms with Gasteiger partial charge in [-0.25, -0.2) is 10.2 Å². The molecule has 1 unspecified atom stereocenters. The minimum absolute atomic E-state index is 0.0198. The van der Waals surface area contributed by atoms with Crippen molar-refractivity contribution in [1.29, 1.82) is 0 Å². The Morgan fingerprint density at radius 3 is 2.25 bits per heavy atom. The summed E-state index contributed by atoms with van der Waals surface area (Å²) in [7, 11) is -3.67. The van der Waals surface area contributed by atoms with Gasteiger partial charge in [-0.1, -0.05) is 24.3 Å². The SMILES string of the molecule is CS(=O)(=O)O.O=C1c2cccc3cc([NH+]([O-])O)cc(c23)C(=O)N1CCCN1CCN(CCCNc2ccc3ncn4c5ccccc5c(=O)c2c34)CC1. The number of rotatable bonds is 10. The summed E-state index contributed by atoms with van der Waals surface area (Å²) in [6.45, 7) is 6.38. The summed E-state index contributed by atoms with van der Waals surface area (Å²) in [6.07, 6.45) is 4.07. The van der Waals surface area contributed by atoms with E-state index in [-0.39, 0.29) is 29.1 Å². The van der Waals surface area contributed by atoms with Gasteiger partial charge in [0.15, 0.2) is 11.1 Å². The highest BCUT2D eigenvalue weighted by molar-refractivity contribution is 7.85. The van der Waals surface area contributed by atoms with Crippen molar-refractivity contribution in [2.24, 2.45) is 0 Å². The summed E-state index contributed by atoms with van der Waals surface area (Å²) in [5.41, 5.74) is 4.12. The zero-order chi connectivity index (χ0) is 37.4. The number of quaternary nitrogens is 1. The number of imidazole rings is 1. The zero-order valence-electron chi connectivity index (χ0n) is 29.0. The first kappa shape index (κ1) is 36.3. The lowest BCUT2D eigenvalue weighted by atomic mass is 9.93. The molecule has 0 radical (unpaired) electrons. The lowest BCUT2D eigenvalue weighted by Gasteiger charge is -2.35. The molecule has 1 saturated heterocycles. The van der Waals surface area contributed by atoms with E-state index in [9.17, 15) is 33.2 Å². The molecule has 4 N–H and O–H groups in total. The summed E-state index contributed by atoms with van der Waals surface area (Å²) in [6, 6.07) is 19.6. The number of benzene rings is 4. The fraction of sp³-hybridized carbons (Fsp3) is 0.297. The predicted octanol–water partition coefficient (Wildman–Crippen LogP) is 2.61. The van der Waals surface area contributed by atoms with Crippen LogP contribution >= 0.6 is 0 Å². The lowest BCUT2D eigenvalue weighted by molar-refractivity contribution is -0.991. The number of anilines is 1. The third-order valence-electron chi connectivity index (χ3n) is 9.81. The molecule has 15 nitrogen and oxygen atoms in total. The number of imide groups is 1. The van der Waals surface area contributed by atoms with Gasteiger partial charge in [-0.2, -0.15) is 13.6 Å². The molecule has 2 amide bonds. The fourth-order valence-corrected chi connectivity index (χ4v) is 7.38. The summed E-state index contributed by atoms with van der Waals surface area (Å²) in [5.74, 6) is -0.766. The summed E-state index contributed by atoms with van der Waals surface area (Å²) >= 11 is 0. The molecular weight excluding hydrogens is 703 g/mol. The van der Waals surface area contributed by atoms with Crippen molar-refractivity contribution < 1.29 is 33.0 Å². The maximum absolute atomic E-state index is 13.5. The van der Waals surface area contributed by atoms with E-state index in [2.05, 4.69) is 20.1 Å². The van der Waals surface area contributed by atoms with Crippen LogP contribution < -0.4 is 16.0 Å². The number of carbonyl (C=O) groups is 2. The first-order chi connectivity index (χ1) is 25.4. The predicted molar refractivity (Wildman–Crippen MR) is 201 cm³/mol. The van der Waals surface area contributed by atoms with E-state index >= 15 is 0 Å². The normalized spacial score (nSPS) is 16.1. The van der Waals surface area contributed by atoms with Crippen LogP contribution in [0.5, 0.6) is 0 Å². The Labute approximate surface area is 304 Å². The highest BCUT2D eigenvalue weighted by Crippen LogP contribution is 2.32. The Kier molecular flexibility index (Phi) is 10.1. The third kappa shape index (κ3) is 7.43. The topological polar surface area (TPSA) is 192 Å². The lowest BCUT2D eigenvalue weighted by Crippen LogP contribution is -2.99. The maximum atomic E-state index is 13.5. The Bertz CT molecular complexity index is 2510. The minimum atomic E-state index is -3.67. The Balaban J connectivity index is 0.000000817. The number of nitrogens with one attached hydrogen (secondary N) is 2. The van der Waals surface area contributed by atoms with E-state index in [0.29, 0.717) is 39.8 Å². The molecule has 2 aliphatic rings. The molecule has 8 rings (SSSR count). The number of nitrogens with zero attached hydrogens (tertiary/aromatic N) is 5. The number of piperazine rings is 1. The average molecular weight is 742 g/mol. The third-order valence-corrected chi connectivity index (χ3v) is 9.81. The second-order valence-corrected chi connectivity index (χ2v) is 14.8. The van der Waals surface area contributed by atoms with E-state index in [1.807, 2.05) is 40.8 Å². The van der Waals surface area contributed by atoms with Crippen molar-refractivity contribution in [1.82, 2.24) is 24.1 Å². The molecule has 6 aromatic rings. The van der Waals surface area contributed by atoms with Gasteiger partial charge in [0, 0.05) is 73.4 Å². The quantitative estimate of drug-likeness (QED) is 0.0529. The summed E-state index contributed by atoms with van der Waals surface area (Å²) in [4.78, 5) is 50.7. The number of fused-ring (bicyclic) bond motifs is 2. The highest BCUT2D eigenvalue weighted by atomic mass is 32.2. The standard InChI is InChI=1S/C36H35N7O5.CH4O3S/c44-34-25-7-1-2-9-30(25)42-22-38-29-11-10-28(32(34)33(29)42)37-12-4-13-39-16-18-40(19-17-39)14-5-15-41-35(45)26-8-3-6-23-20-24(43(47)48)21-27(31(23)26)36(41)46;1-5(2,3)4/h1-3,6-11,20-22,37,43,47H,4-5,12-19H2;1H3,(H,2,3,4). The molecule has 276 valence electrons. The van der Waals surface area contributed by atoms with Crippen LogP contribution in [-0.2, 0) is 10.1 Å². The molecule has 0 saturated carbocycles. The molecule has 2 aliphatic heterocycles. The largest absolute Gasteiger partial charge is 0.595 e. The van der Waals surface area contributed by atoms with Crippen molar-refractivity contribution >= 4 is 71.4 Å². The van der Waals surface area contributed by atoms with Gasteiger partial charge in [0.2, 0.25) is 0 Å². The van der Waals surface area contributed by atoms with Crippen LogP contribution in [-0.4, -0.2) is 113 Å². The van der Waals surface area contributed by atoms with E-state index in [4.69, 9.17) is 4.55 Å². The average Bonchev–Trinajstić information content (AvgIpc) is 3.57. The van der Waals surface area contributed by atoms with E-state index in [0.717, 1.165) is 74.5 Å². The number of hydrogen-bond donors (Lipinski definition) is 4. The molecule has 4 heterocycles. The van der Waals surface area contributed by atoms with Gasteiger partial charge in [0.05, 0.1) is 33.8 Å². The van der Waals surface area contributed by atoms with E-state index < -0.39 is 21.3 Å². The van der Waals surface area contributed by atoms with E-state index in [1.54, 1.807) is 24.5 Å². The van der Waals surface area contributed by atoms with Gasteiger partial charge in [0.25, 0.3) is 21.9 Å². The number of amides is 2. The van der Waals surface area contributed by atoms with Crippen LogP contribution in [0.25, 0.3) is 38.1 Å². The maximum Gasteiger partial charge on any atom is 0.261 e. The molecule has 16 heteroatoms. The minimum Gasteiger partial charge on any atom is -0.595 e. The van der Waals surface area contributed by atoms with Crippen molar-refractivity contribution in [2.45, 2.75) is 12.8 Å². The molecular formula is C37H39N7O8S. The molecule has 1 fully saturated rings. The molecule has 1 atom stereocenters. The number of pyridine rings is 1. The van der Waals surface area contributed by atoms with Crippen LogP contribution in [0.4, 0.5) is 11.4 Å². The summed E-state index contributed by atoms with van der Waals surface area (Å²) < 4.78 is 27.9. The van der Waals surface area contributed by atoms with Crippen molar-refractivity contribution in [3.8, 4) is 0 Å². The Hall–Kier alpha value is -5.07. The fourth-order valence-electron chi connectivity index (χ4n) is 7.38. The zero-order valence-corrected chi connectivity index (χ0v) is 29.8. The van der Waals surface area contributed by atoms with Crippen LogP contribution in [0, 0.1) is 5.21 Å². The van der Waals surface area contributed by atoms with Gasteiger partial charge in [-0.3, -0.25) is 28.2 Å². The first-order valence-corrected chi connectivity index (χ1v) is 19.2. The summed E-state index contributed by atoms with van der Waals surface area (Å²) in [5, 5.41) is 26.1. The highest BCUT2D eigenvalue weighted by Gasteiger charge is 2.33. The second kappa shape index (κ2) is 14.7. The van der Waals surface area contributed by atoms with Crippen molar-refractivity contribution in [3.05, 3.63) is 99.6 Å². The van der Waals surface area contributed by atoms with Gasteiger partial charge >= 0.3 is 0 Å². The molecule has 0 bridgehead atoms. The number of hydrogen-bond acceptors (Lipinski definition) is 11. The Morgan fingerprint density at radius 2 is 1.53 bits per heavy atom. The van der Waals surface area contributed by atoms with Gasteiger partial charge in [-0.05, 0) is 61.6 Å². The molecule has 0 spiro atoms. The van der Waals surface area contributed by atoms with Gasteiger partial charge in [-0.15, -0.1) is 0 Å². The number of carbonyl (C=O) groups excluding carboxylic acids is 2. The van der Waals surface area contributed by atoms with Crippen molar-refractivity contribution in [3.63, 3.8) is 0 Å². The van der Waals surface area contributed by atoms with Crippen LogP contribution in [0.3, 0.4) is 0 Å². The molecule has 0 aliphatic carbocycles. The first-order valence-electron chi connectivity index (χ1n) is 17.3. The molecule has 4 aromatic carbocycles. The second-order valence-electron chi connectivity index (χ2n) is 13.4. The number of para-hydroxylation sites is 1. The van der Waals surface area contributed by atoms with Gasteiger partial charge < -0.3 is 20.3 Å². The van der Waals surface area contributed by atoms with Crippen LogP contribution in [0.1, 0.15) is 33.6 Å². The van der Waals surface area contributed by atoms with Crippen molar-refractivity contribution in [2.75, 3.05) is 63.9 Å². The van der Waals surface area contributed by atoms with E-state index in [1.165, 1.54) is 17.0 Å². The molecule has 53 heavy (non-hydrogen) atoms. The van der Waals surface area contributed by atoms with Crippen LogP contribution in [0.2, 0.25) is 0 Å². The number of aromatic nitrogens is 2. The molecule has 2 aromatic heterocycles. The smallest absolute Gasteiger partial charge is 0.261 e. The Morgan fingerprint density at radius 1 is 0.849 bits per heavy atom. The van der Waals surface area contributed by atoms with Crippen LogP contribution in [0.15, 0.2) is 77.9 Å². The monoisotopic (exact) mass is 741 g/mol.